The summed E-state index contributed by atoms with van der Waals surface area (Å²) in [5, 5.41) is 53.8. The van der Waals surface area contributed by atoms with Gasteiger partial charge in [-0.05, 0) is 13.8 Å². The lowest BCUT2D eigenvalue weighted by atomic mass is 9.72. The van der Waals surface area contributed by atoms with Gasteiger partial charge in [0.1, 0.15) is 23.2 Å². The fourth-order valence-corrected chi connectivity index (χ4v) is 5.36. The van der Waals surface area contributed by atoms with Crippen LogP contribution < -0.4 is 0 Å². The SMILES string of the molecule is CC(=O)[C@]1(O)Cc2c(O)c3c(c(O)c2[C@@H](O[C@H]2C[C@H](O)[C@@H](O)[C@H](C)O2)C1)C(=O)c1ccccc1C3=O. The van der Waals surface area contributed by atoms with Crippen molar-refractivity contribution in [1.29, 1.82) is 0 Å². The minimum atomic E-state index is -2.01. The van der Waals surface area contributed by atoms with E-state index in [1.807, 2.05) is 0 Å². The van der Waals surface area contributed by atoms with Gasteiger partial charge in [0, 0.05) is 41.5 Å². The van der Waals surface area contributed by atoms with E-state index >= 15 is 0 Å². The average molecular weight is 498 g/mol. The molecule has 6 atom stereocenters. The Labute approximate surface area is 205 Å². The lowest BCUT2D eigenvalue weighted by Gasteiger charge is -2.41. The molecule has 0 aromatic heterocycles. The fraction of sp³-hybridized carbons (Fsp3) is 0.423. The van der Waals surface area contributed by atoms with Gasteiger partial charge in [0.2, 0.25) is 0 Å². The zero-order valence-electron chi connectivity index (χ0n) is 19.6. The Morgan fingerprint density at radius 2 is 1.64 bits per heavy atom. The molecule has 5 N–H and O–H groups in total. The van der Waals surface area contributed by atoms with Crippen LogP contribution in [0.1, 0.15) is 75.8 Å². The normalized spacial score (nSPS) is 31.4. The Balaban J connectivity index is 1.66. The summed E-state index contributed by atoms with van der Waals surface area (Å²) in [6.07, 6.45) is -6.36. The molecule has 0 amide bonds. The van der Waals surface area contributed by atoms with Gasteiger partial charge >= 0.3 is 0 Å². The first kappa shape index (κ1) is 24.5. The second kappa shape index (κ2) is 8.46. The largest absolute Gasteiger partial charge is 0.507 e. The predicted octanol–water partition coefficient (Wildman–Crippen LogP) is 1.05. The van der Waals surface area contributed by atoms with E-state index in [2.05, 4.69) is 0 Å². The molecule has 0 spiro atoms. The van der Waals surface area contributed by atoms with Crippen LogP contribution in [0.15, 0.2) is 24.3 Å². The quantitative estimate of drug-likeness (QED) is 0.329. The van der Waals surface area contributed by atoms with E-state index in [0.717, 1.165) is 0 Å². The number of hydrogen-bond acceptors (Lipinski definition) is 10. The Morgan fingerprint density at radius 3 is 2.19 bits per heavy atom. The van der Waals surface area contributed by atoms with Gasteiger partial charge in [-0.1, -0.05) is 24.3 Å². The van der Waals surface area contributed by atoms with Crippen LogP contribution in [0.3, 0.4) is 0 Å². The monoisotopic (exact) mass is 498 g/mol. The summed E-state index contributed by atoms with van der Waals surface area (Å²) < 4.78 is 11.6. The van der Waals surface area contributed by atoms with E-state index in [1.54, 1.807) is 12.1 Å². The first-order valence-corrected chi connectivity index (χ1v) is 11.6. The number of hydrogen-bond donors (Lipinski definition) is 5. The molecule has 1 heterocycles. The van der Waals surface area contributed by atoms with Crippen molar-refractivity contribution in [2.24, 2.45) is 0 Å². The van der Waals surface area contributed by atoms with Gasteiger partial charge < -0.3 is 35.0 Å². The van der Waals surface area contributed by atoms with Crippen molar-refractivity contribution in [2.45, 2.75) is 69.4 Å². The molecule has 5 rings (SSSR count). The highest BCUT2D eigenvalue weighted by molar-refractivity contribution is 6.30. The van der Waals surface area contributed by atoms with E-state index in [-0.39, 0.29) is 40.7 Å². The van der Waals surface area contributed by atoms with Crippen LogP contribution in [0.25, 0.3) is 0 Å². The molecule has 1 fully saturated rings. The maximum absolute atomic E-state index is 13.3. The molecule has 36 heavy (non-hydrogen) atoms. The van der Waals surface area contributed by atoms with Crippen LogP contribution in [0.2, 0.25) is 0 Å². The predicted molar refractivity (Wildman–Crippen MR) is 122 cm³/mol. The number of carbonyl (C=O) groups excluding carboxylic acids is 3. The van der Waals surface area contributed by atoms with Crippen molar-refractivity contribution in [2.75, 3.05) is 0 Å². The summed E-state index contributed by atoms with van der Waals surface area (Å²) in [6.45, 7) is 2.70. The molecular formula is C26H26O10. The van der Waals surface area contributed by atoms with Crippen LogP contribution in [0.4, 0.5) is 0 Å². The Bertz CT molecular complexity index is 1290. The molecule has 10 heteroatoms. The molecule has 3 aliphatic rings. The smallest absolute Gasteiger partial charge is 0.198 e. The number of benzene rings is 2. The molecule has 0 bridgehead atoms. The van der Waals surface area contributed by atoms with Crippen molar-refractivity contribution >= 4 is 17.3 Å². The third kappa shape index (κ3) is 3.56. The van der Waals surface area contributed by atoms with E-state index in [1.165, 1.54) is 26.0 Å². The summed E-state index contributed by atoms with van der Waals surface area (Å²) in [4.78, 5) is 39.0. The second-order valence-electron chi connectivity index (χ2n) is 9.70. The zero-order chi connectivity index (χ0) is 26.1. The highest BCUT2D eigenvalue weighted by atomic mass is 16.7. The van der Waals surface area contributed by atoms with Gasteiger partial charge in [-0.15, -0.1) is 0 Å². The third-order valence-corrected chi connectivity index (χ3v) is 7.42. The van der Waals surface area contributed by atoms with Crippen molar-refractivity contribution in [3.63, 3.8) is 0 Å². The molecular weight excluding hydrogens is 472 g/mol. The molecule has 190 valence electrons. The molecule has 2 aromatic carbocycles. The maximum Gasteiger partial charge on any atom is 0.198 e. The number of aliphatic hydroxyl groups is 3. The van der Waals surface area contributed by atoms with Gasteiger partial charge in [-0.2, -0.15) is 0 Å². The van der Waals surface area contributed by atoms with Gasteiger partial charge in [0.25, 0.3) is 0 Å². The summed E-state index contributed by atoms with van der Waals surface area (Å²) in [7, 11) is 0. The van der Waals surface area contributed by atoms with Crippen LogP contribution in [0.5, 0.6) is 11.5 Å². The van der Waals surface area contributed by atoms with E-state index in [0.29, 0.717) is 0 Å². The second-order valence-corrected chi connectivity index (χ2v) is 9.70. The minimum Gasteiger partial charge on any atom is -0.507 e. The van der Waals surface area contributed by atoms with Crippen LogP contribution >= 0.6 is 0 Å². The van der Waals surface area contributed by atoms with Crippen LogP contribution in [-0.4, -0.2) is 73.1 Å². The number of phenols is 2. The number of ketones is 3. The van der Waals surface area contributed by atoms with Gasteiger partial charge in [0.15, 0.2) is 23.6 Å². The Kier molecular flexibility index (Phi) is 5.77. The van der Waals surface area contributed by atoms with E-state index < -0.39 is 77.1 Å². The van der Waals surface area contributed by atoms with Crippen molar-refractivity contribution < 1.29 is 49.4 Å². The van der Waals surface area contributed by atoms with E-state index in [9.17, 15) is 39.9 Å². The maximum atomic E-state index is 13.3. The number of ether oxygens (including phenoxy) is 2. The van der Waals surface area contributed by atoms with E-state index in [4.69, 9.17) is 9.47 Å². The fourth-order valence-electron chi connectivity index (χ4n) is 5.36. The average Bonchev–Trinajstić information content (AvgIpc) is 2.82. The van der Waals surface area contributed by atoms with Crippen molar-refractivity contribution in [3.8, 4) is 11.5 Å². The summed E-state index contributed by atoms with van der Waals surface area (Å²) in [6, 6.07) is 6.03. The number of aromatic hydroxyl groups is 2. The van der Waals surface area contributed by atoms with Crippen molar-refractivity contribution in [3.05, 3.63) is 57.6 Å². The molecule has 2 aromatic rings. The number of aliphatic hydroxyl groups excluding tert-OH is 2. The third-order valence-electron chi connectivity index (χ3n) is 7.42. The molecule has 0 radical (unpaired) electrons. The number of phenolic OH excluding ortho intramolecular Hbond substituents is 2. The number of carbonyl (C=O) groups is 3. The molecule has 10 nitrogen and oxygen atoms in total. The lowest BCUT2D eigenvalue weighted by Crippen LogP contribution is -2.49. The Hall–Kier alpha value is -3.15. The highest BCUT2D eigenvalue weighted by Crippen LogP contribution is 2.52. The van der Waals surface area contributed by atoms with Crippen LogP contribution in [-0.2, 0) is 20.7 Å². The summed E-state index contributed by atoms with van der Waals surface area (Å²) in [5.41, 5.74) is -2.80. The molecule has 2 aliphatic carbocycles. The lowest BCUT2D eigenvalue weighted by molar-refractivity contribution is -0.265. The van der Waals surface area contributed by atoms with Crippen LogP contribution in [0, 0.1) is 0 Å². The standard InChI is InChI=1S/C26H26O10/c1-10-21(29)15(28)7-17(35-10)36-16-9-26(34,11(2)27)8-14-18(16)25(33)20-19(24(14)32)22(30)12-5-3-4-6-13(12)23(20)31/h3-6,10,15-17,21,28-29,32-34H,7-9H2,1-2H3/t10-,15-,16-,17-,21-,26-/m0/s1. The summed E-state index contributed by atoms with van der Waals surface area (Å²) >= 11 is 0. The number of fused-ring (bicyclic) bond motifs is 3. The number of rotatable bonds is 3. The number of Topliss-reactive ketones (excluding diaryl/α,β-unsaturated/α-hetero) is 1. The molecule has 1 saturated heterocycles. The van der Waals surface area contributed by atoms with Gasteiger partial charge in [-0.3, -0.25) is 14.4 Å². The molecule has 1 aliphatic heterocycles. The first-order chi connectivity index (χ1) is 16.9. The minimum absolute atomic E-state index is 0.0467. The first-order valence-electron chi connectivity index (χ1n) is 11.6. The van der Waals surface area contributed by atoms with Crippen molar-refractivity contribution in [1.82, 2.24) is 0 Å². The summed E-state index contributed by atoms with van der Waals surface area (Å²) in [5.74, 6) is -3.17. The molecule has 0 saturated carbocycles. The molecule has 0 unspecified atom stereocenters. The van der Waals surface area contributed by atoms with Gasteiger partial charge in [0.05, 0.1) is 29.4 Å². The van der Waals surface area contributed by atoms with Gasteiger partial charge in [-0.25, -0.2) is 0 Å². The zero-order valence-corrected chi connectivity index (χ0v) is 19.6. The topological polar surface area (TPSA) is 171 Å². The Morgan fingerprint density at radius 1 is 1.06 bits per heavy atom. The highest BCUT2D eigenvalue weighted by Gasteiger charge is 2.49.